The fourth-order valence-corrected chi connectivity index (χ4v) is 1.39. The first-order valence-electron chi connectivity index (χ1n) is 5.56. The zero-order chi connectivity index (χ0) is 13.5. The molecule has 96 valence electrons. The Morgan fingerprint density at radius 1 is 1.17 bits per heavy atom. The average Bonchev–Trinajstić information content (AvgIpc) is 2.36. The number of Topliss-reactive ketones (excluding diaryl/α,β-unsaturated/α-hetero) is 1. The highest BCUT2D eigenvalue weighted by Crippen LogP contribution is 2.08. The van der Waals surface area contributed by atoms with E-state index in [0.717, 1.165) is 5.56 Å². The minimum Gasteiger partial charge on any atom is -0.481 e. The number of carboxylic acid groups (broad SMARTS) is 1. The number of carboxylic acids is 1. The van der Waals surface area contributed by atoms with Crippen LogP contribution in [0.4, 0.5) is 0 Å². The van der Waals surface area contributed by atoms with Crippen molar-refractivity contribution in [1.29, 1.82) is 0 Å². The first kappa shape index (κ1) is 13.9. The maximum atomic E-state index is 11.5. The van der Waals surface area contributed by atoms with E-state index in [4.69, 9.17) is 5.11 Å². The van der Waals surface area contributed by atoms with Crippen LogP contribution in [0, 0.1) is 0 Å². The number of ketones is 1. The summed E-state index contributed by atoms with van der Waals surface area (Å²) in [6.07, 6.45) is 0.425. The third-order valence-electron chi connectivity index (χ3n) is 2.30. The number of carbonyl (C=O) groups is 3. The van der Waals surface area contributed by atoms with Gasteiger partial charge >= 0.3 is 11.9 Å². The van der Waals surface area contributed by atoms with E-state index >= 15 is 0 Å². The van der Waals surface area contributed by atoms with E-state index in [1.165, 1.54) is 12.1 Å². The molecule has 1 N–H and O–H groups in total. The second-order valence-corrected chi connectivity index (χ2v) is 3.64. The maximum Gasteiger partial charge on any atom is 0.379 e. The minimum absolute atomic E-state index is 0.0329. The number of rotatable bonds is 6. The van der Waals surface area contributed by atoms with Crippen LogP contribution < -0.4 is 0 Å². The monoisotopic (exact) mass is 250 g/mol. The number of benzene rings is 1. The largest absolute Gasteiger partial charge is 0.481 e. The minimum atomic E-state index is -0.879. The Morgan fingerprint density at radius 3 is 2.28 bits per heavy atom. The molecule has 0 aliphatic rings. The number of aliphatic carboxylic acids is 1. The lowest BCUT2D eigenvalue weighted by molar-refractivity contribution is -0.138. The third-order valence-corrected chi connectivity index (χ3v) is 2.30. The van der Waals surface area contributed by atoms with Gasteiger partial charge in [-0.25, -0.2) is 4.79 Å². The van der Waals surface area contributed by atoms with Crippen molar-refractivity contribution in [1.82, 2.24) is 0 Å². The molecule has 5 nitrogen and oxygen atoms in total. The smallest absolute Gasteiger partial charge is 0.379 e. The van der Waals surface area contributed by atoms with Crippen LogP contribution in [0.2, 0.25) is 0 Å². The summed E-state index contributed by atoms with van der Waals surface area (Å²) in [5.74, 6) is -2.45. The summed E-state index contributed by atoms with van der Waals surface area (Å²) < 4.78 is 4.60. The molecule has 0 bridgehead atoms. The van der Waals surface area contributed by atoms with E-state index in [0.29, 0.717) is 6.42 Å². The Hall–Kier alpha value is -2.17. The van der Waals surface area contributed by atoms with E-state index < -0.39 is 17.7 Å². The highest BCUT2D eigenvalue weighted by molar-refractivity contribution is 6.40. The van der Waals surface area contributed by atoms with E-state index in [1.54, 1.807) is 19.1 Å². The normalized spacial score (nSPS) is 9.83. The molecule has 0 saturated carbocycles. The second-order valence-electron chi connectivity index (χ2n) is 3.64. The van der Waals surface area contributed by atoms with Crippen molar-refractivity contribution >= 4 is 17.7 Å². The van der Waals surface area contributed by atoms with Crippen LogP contribution in [-0.4, -0.2) is 29.4 Å². The van der Waals surface area contributed by atoms with Crippen LogP contribution in [0.5, 0.6) is 0 Å². The molecule has 0 radical (unpaired) electrons. The van der Waals surface area contributed by atoms with Gasteiger partial charge in [0.1, 0.15) is 0 Å². The first-order valence-corrected chi connectivity index (χ1v) is 5.56. The molecule has 0 spiro atoms. The zero-order valence-corrected chi connectivity index (χ0v) is 10.0. The van der Waals surface area contributed by atoms with Crippen LogP contribution >= 0.6 is 0 Å². The molecule has 18 heavy (non-hydrogen) atoms. The molecular weight excluding hydrogens is 236 g/mol. The van der Waals surface area contributed by atoms with Crippen molar-refractivity contribution in [3.05, 3.63) is 35.4 Å². The topological polar surface area (TPSA) is 80.7 Å². The summed E-state index contributed by atoms with van der Waals surface area (Å²) in [5, 5.41) is 8.53. The lowest BCUT2D eigenvalue weighted by Gasteiger charge is -2.02. The molecule has 0 aliphatic heterocycles. The Bertz CT molecular complexity index is 447. The second kappa shape index (κ2) is 6.54. The summed E-state index contributed by atoms with van der Waals surface area (Å²) in [6, 6.07) is 6.26. The Labute approximate surface area is 104 Å². The molecule has 0 amide bonds. The highest BCUT2D eigenvalue weighted by atomic mass is 16.5. The lowest BCUT2D eigenvalue weighted by atomic mass is 10.1. The summed E-state index contributed by atoms with van der Waals surface area (Å²) in [6.45, 7) is 1.78. The molecule has 1 aromatic carbocycles. The maximum absolute atomic E-state index is 11.5. The molecule has 0 unspecified atom stereocenters. The molecule has 1 aromatic rings. The molecular formula is C13H14O5. The van der Waals surface area contributed by atoms with Crippen LogP contribution in [0.15, 0.2) is 24.3 Å². The molecule has 1 rings (SSSR count). The molecule has 0 fully saturated rings. The zero-order valence-electron chi connectivity index (χ0n) is 10.0. The van der Waals surface area contributed by atoms with E-state index in [2.05, 4.69) is 4.74 Å². The standard InChI is InChI=1S/C13H14O5/c1-2-18-13(17)12(16)10-6-3-9(4-7-10)5-8-11(14)15/h3-4,6-7H,2,5,8H2,1H3,(H,14,15). The van der Waals surface area contributed by atoms with Gasteiger partial charge in [0.2, 0.25) is 0 Å². The number of esters is 1. The summed E-state index contributed by atoms with van der Waals surface area (Å²) in [5.41, 5.74) is 1.05. The summed E-state index contributed by atoms with van der Waals surface area (Å²) >= 11 is 0. The molecule has 0 aliphatic carbocycles. The van der Waals surface area contributed by atoms with E-state index in [9.17, 15) is 14.4 Å². The fourth-order valence-electron chi connectivity index (χ4n) is 1.39. The highest BCUT2D eigenvalue weighted by Gasteiger charge is 2.16. The van der Waals surface area contributed by atoms with Gasteiger partial charge in [0, 0.05) is 12.0 Å². The SMILES string of the molecule is CCOC(=O)C(=O)c1ccc(CCC(=O)O)cc1. The van der Waals surface area contributed by atoms with Gasteiger partial charge in [-0.3, -0.25) is 9.59 Å². The van der Waals surface area contributed by atoms with Crippen LogP contribution in [0.3, 0.4) is 0 Å². The van der Waals surface area contributed by atoms with Crippen molar-refractivity contribution in [2.45, 2.75) is 19.8 Å². The number of aryl methyl sites for hydroxylation is 1. The summed E-state index contributed by atoms with van der Waals surface area (Å²) in [7, 11) is 0. The fraction of sp³-hybridized carbons (Fsp3) is 0.308. The molecule has 0 saturated heterocycles. The van der Waals surface area contributed by atoms with Crippen molar-refractivity contribution in [3.8, 4) is 0 Å². The van der Waals surface area contributed by atoms with Crippen LogP contribution in [0.25, 0.3) is 0 Å². The van der Waals surface area contributed by atoms with Gasteiger partial charge in [-0.1, -0.05) is 24.3 Å². The van der Waals surface area contributed by atoms with Gasteiger partial charge in [0.15, 0.2) is 0 Å². The Morgan fingerprint density at radius 2 is 1.78 bits per heavy atom. The quantitative estimate of drug-likeness (QED) is 0.469. The molecule has 0 aromatic heterocycles. The van der Waals surface area contributed by atoms with Gasteiger partial charge in [0.05, 0.1) is 6.61 Å². The van der Waals surface area contributed by atoms with Crippen molar-refractivity contribution in [3.63, 3.8) is 0 Å². The Balaban J connectivity index is 2.67. The van der Waals surface area contributed by atoms with Crippen LogP contribution in [-0.2, 0) is 20.7 Å². The van der Waals surface area contributed by atoms with E-state index in [-0.39, 0.29) is 18.6 Å². The number of ether oxygens (including phenoxy) is 1. The van der Waals surface area contributed by atoms with Crippen molar-refractivity contribution in [2.24, 2.45) is 0 Å². The van der Waals surface area contributed by atoms with Gasteiger partial charge < -0.3 is 9.84 Å². The summed E-state index contributed by atoms with van der Waals surface area (Å²) in [4.78, 5) is 33.1. The molecule has 0 atom stereocenters. The number of carbonyl (C=O) groups excluding carboxylic acids is 2. The number of hydrogen-bond donors (Lipinski definition) is 1. The van der Waals surface area contributed by atoms with E-state index in [1.807, 2.05) is 0 Å². The molecule has 0 heterocycles. The van der Waals surface area contributed by atoms with Crippen molar-refractivity contribution < 1.29 is 24.2 Å². The van der Waals surface area contributed by atoms with Crippen molar-refractivity contribution in [2.75, 3.05) is 6.61 Å². The van der Waals surface area contributed by atoms with Gasteiger partial charge in [-0.15, -0.1) is 0 Å². The van der Waals surface area contributed by atoms with Gasteiger partial charge in [0.25, 0.3) is 5.78 Å². The van der Waals surface area contributed by atoms with Gasteiger partial charge in [-0.2, -0.15) is 0 Å². The molecule has 5 heteroatoms. The first-order chi connectivity index (χ1) is 8.54. The Kier molecular flexibility index (Phi) is 5.05. The number of hydrogen-bond acceptors (Lipinski definition) is 4. The van der Waals surface area contributed by atoms with Crippen LogP contribution in [0.1, 0.15) is 29.3 Å². The lowest BCUT2D eigenvalue weighted by Crippen LogP contribution is -2.17. The van der Waals surface area contributed by atoms with Gasteiger partial charge in [-0.05, 0) is 18.9 Å². The predicted octanol–water partition coefficient (Wildman–Crippen LogP) is 1.45. The average molecular weight is 250 g/mol. The third kappa shape index (κ3) is 4.01. The predicted molar refractivity (Wildman–Crippen MR) is 63.4 cm³/mol.